The van der Waals surface area contributed by atoms with Crippen LogP contribution in [0.1, 0.15) is 46.6 Å². The summed E-state index contributed by atoms with van der Waals surface area (Å²) in [6.45, 7) is 7.41. The van der Waals surface area contributed by atoms with E-state index < -0.39 is 10.0 Å². The van der Waals surface area contributed by atoms with Crippen LogP contribution >= 0.6 is 0 Å². The standard InChI is InChI=1S/C33H40N6O4S/c1-22-9-10-25(17-26(22)20-39-16-15-37(3)29-7-5-6-8-31(29)44(39,41)42)28(18-32(40)43-21-24-13-14-34-19-24)27-11-12-30-33(23(27)2)35-36-38(30)4/h5-12,17,24,28,34H,13-16,18-21H2,1-4H3. The Morgan fingerprint density at radius 3 is 2.70 bits per heavy atom. The van der Waals surface area contributed by atoms with Crippen molar-refractivity contribution in [2.24, 2.45) is 13.0 Å². The number of ether oxygens (including phenoxy) is 1. The summed E-state index contributed by atoms with van der Waals surface area (Å²) in [7, 11) is 0.0643. The van der Waals surface area contributed by atoms with Crippen LogP contribution in [0.4, 0.5) is 5.69 Å². The van der Waals surface area contributed by atoms with E-state index in [1.54, 1.807) is 21.1 Å². The number of aryl methyl sites for hydroxylation is 3. The molecule has 2 aliphatic heterocycles. The molecule has 0 amide bonds. The molecule has 1 saturated heterocycles. The number of sulfonamides is 1. The molecule has 0 saturated carbocycles. The van der Waals surface area contributed by atoms with Gasteiger partial charge in [-0.2, -0.15) is 4.31 Å². The Labute approximate surface area is 259 Å². The molecule has 3 aromatic carbocycles. The zero-order chi connectivity index (χ0) is 31.0. The molecule has 1 aromatic heterocycles. The molecule has 4 aromatic rings. The molecule has 44 heavy (non-hydrogen) atoms. The molecule has 0 aliphatic carbocycles. The Morgan fingerprint density at radius 1 is 1.09 bits per heavy atom. The highest BCUT2D eigenvalue weighted by molar-refractivity contribution is 7.89. The van der Waals surface area contributed by atoms with Gasteiger partial charge in [0.05, 0.1) is 24.2 Å². The third-order valence-corrected chi connectivity index (χ3v) is 11.1. The lowest BCUT2D eigenvalue weighted by Crippen LogP contribution is -2.33. The van der Waals surface area contributed by atoms with Crippen molar-refractivity contribution in [2.45, 2.75) is 44.0 Å². The van der Waals surface area contributed by atoms with Crippen LogP contribution < -0.4 is 10.2 Å². The minimum Gasteiger partial charge on any atom is -0.465 e. The fraction of sp³-hybridized carbons (Fsp3) is 0.424. The van der Waals surface area contributed by atoms with Gasteiger partial charge in [0.25, 0.3) is 0 Å². The summed E-state index contributed by atoms with van der Waals surface area (Å²) in [6, 6.07) is 17.3. The Kier molecular flexibility index (Phi) is 8.45. The first kappa shape index (κ1) is 30.2. The first-order valence-electron chi connectivity index (χ1n) is 15.2. The monoisotopic (exact) mass is 616 g/mol. The van der Waals surface area contributed by atoms with E-state index in [0.29, 0.717) is 36.2 Å². The Morgan fingerprint density at radius 2 is 1.91 bits per heavy atom. The third-order valence-electron chi connectivity index (χ3n) is 9.17. The summed E-state index contributed by atoms with van der Waals surface area (Å²) >= 11 is 0. The minimum atomic E-state index is -3.72. The van der Waals surface area contributed by atoms with Crippen molar-refractivity contribution in [3.05, 3.63) is 82.4 Å². The van der Waals surface area contributed by atoms with Gasteiger partial charge in [-0.1, -0.05) is 41.6 Å². The van der Waals surface area contributed by atoms with E-state index in [0.717, 1.165) is 58.4 Å². The number of para-hydroxylation sites is 1. The van der Waals surface area contributed by atoms with Gasteiger partial charge in [-0.05, 0) is 72.8 Å². The molecule has 0 spiro atoms. The summed E-state index contributed by atoms with van der Waals surface area (Å²) in [5, 5.41) is 11.9. The van der Waals surface area contributed by atoms with Crippen LogP contribution in [0.2, 0.25) is 0 Å². The number of anilines is 1. The molecule has 0 radical (unpaired) electrons. The molecule has 1 N–H and O–H groups in total. The van der Waals surface area contributed by atoms with Crippen molar-refractivity contribution in [2.75, 3.05) is 44.7 Å². The van der Waals surface area contributed by atoms with Crippen LogP contribution in [-0.2, 0) is 33.1 Å². The van der Waals surface area contributed by atoms with Gasteiger partial charge < -0.3 is 15.0 Å². The SMILES string of the molecule is Cc1ccc(C(CC(=O)OCC2CCNC2)c2ccc3c(nnn3C)c2C)cc1CN1CCN(C)c2ccccc2S1(=O)=O. The lowest BCUT2D eigenvalue weighted by Gasteiger charge is -2.24. The van der Waals surface area contributed by atoms with Crippen molar-refractivity contribution in [1.29, 1.82) is 0 Å². The van der Waals surface area contributed by atoms with Gasteiger partial charge in [0, 0.05) is 52.1 Å². The number of hydrogen-bond donors (Lipinski definition) is 1. The summed E-state index contributed by atoms with van der Waals surface area (Å²) in [6.07, 6.45) is 1.16. The highest BCUT2D eigenvalue weighted by atomic mass is 32.2. The number of nitrogens with one attached hydrogen (secondary N) is 1. The number of carbonyl (C=O) groups is 1. The lowest BCUT2D eigenvalue weighted by atomic mass is 9.84. The van der Waals surface area contributed by atoms with Gasteiger partial charge in [-0.15, -0.1) is 5.10 Å². The molecular weight excluding hydrogens is 576 g/mol. The van der Waals surface area contributed by atoms with Crippen molar-refractivity contribution < 1.29 is 17.9 Å². The predicted molar refractivity (Wildman–Crippen MR) is 170 cm³/mol. The normalized spacial score (nSPS) is 19.1. The first-order valence-corrected chi connectivity index (χ1v) is 16.6. The second kappa shape index (κ2) is 12.3. The highest BCUT2D eigenvalue weighted by Crippen LogP contribution is 2.36. The molecular formula is C33H40N6O4S. The van der Waals surface area contributed by atoms with Gasteiger partial charge in [-0.3, -0.25) is 4.79 Å². The fourth-order valence-electron chi connectivity index (χ4n) is 6.39. The van der Waals surface area contributed by atoms with E-state index in [1.807, 2.05) is 69.2 Å². The maximum absolute atomic E-state index is 13.8. The van der Waals surface area contributed by atoms with Crippen LogP contribution in [0, 0.1) is 19.8 Å². The van der Waals surface area contributed by atoms with Crippen molar-refractivity contribution >= 4 is 32.7 Å². The topological polar surface area (TPSA) is 110 Å². The van der Waals surface area contributed by atoms with Crippen LogP contribution in [0.15, 0.2) is 59.5 Å². The number of likely N-dealkylation sites (N-methyl/N-ethyl adjacent to an activating group) is 1. The largest absolute Gasteiger partial charge is 0.465 e. The van der Waals surface area contributed by atoms with E-state index in [-0.39, 0.29) is 24.9 Å². The van der Waals surface area contributed by atoms with Crippen LogP contribution in [0.5, 0.6) is 0 Å². The number of esters is 1. The fourth-order valence-corrected chi connectivity index (χ4v) is 8.04. The van der Waals surface area contributed by atoms with Gasteiger partial charge in [0.2, 0.25) is 10.0 Å². The first-order chi connectivity index (χ1) is 21.1. The third kappa shape index (κ3) is 5.83. The number of aromatic nitrogens is 3. The van der Waals surface area contributed by atoms with E-state index in [2.05, 4.69) is 21.7 Å². The summed E-state index contributed by atoms with van der Waals surface area (Å²) in [5.74, 6) is -0.222. The van der Waals surface area contributed by atoms with Gasteiger partial charge in [0.15, 0.2) is 0 Å². The lowest BCUT2D eigenvalue weighted by molar-refractivity contribution is -0.145. The van der Waals surface area contributed by atoms with Crippen molar-refractivity contribution in [1.82, 2.24) is 24.6 Å². The van der Waals surface area contributed by atoms with Gasteiger partial charge in [-0.25, -0.2) is 13.1 Å². The number of fused-ring (bicyclic) bond motifs is 2. The molecule has 11 heteroatoms. The molecule has 6 rings (SSSR count). The molecule has 2 atom stereocenters. The summed E-state index contributed by atoms with van der Waals surface area (Å²) in [5.41, 5.74) is 7.19. The predicted octanol–water partition coefficient (Wildman–Crippen LogP) is 3.90. The molecule has 1 fully saturated rings. The molecule has 232 valence electrons. The maximum atomic E-state index is 13.8. The van der Waals surface area contributed by atoms with Gasteiger partial charge in [0.1, 0.15) is 10.4 Å². The zero-order valence-corrected chi connectivity index (χ0v) is 26.6. The minimum absolute atomic E-state index is 0.162. The summed E-state index contributed by atoms with van der Waals surface area (Å²) in [4.78, 5) is 15.6. The second-order valence-corrected chi connectivity index (χ2v) is 14.0. The molecule has 2 aliphatic rings. The van der Waals surface area contributed by atoms with E-state index >= 15 is 0 Å². The molecule has 10 nitrogen and oxygen atoms in total. The Hall–Kier alpha value is -3.80. The maximum Gasteiger partial charge on any atom is 0.306 e. The molecule has 3 heterocycles. The number of carbonyl (C=O) groups excluding carboxylic acids is 1. The number of rotatable bonds is 8. The van der Waals surface area contributed by atoms with Crippen LogP contribution in [0.3, 0.4) is 0 Å². The zero-order valence-electron chi connectivity index (χ0n) is 25.8. The van der Waals surface area contributed by atoms with E-state index in [4.69, 9.17) is 4.74 Å². The number of nitrogens with zero attached hydrogens (tertiary/aromatic N) is 5. The van der Waals surface area contributed by atoms with E-state index in [9.17, 15) is 13.2 Å². The highest BCUT2D eigenvalue weighted by Gasteiger charge is 2.32. The number of benzene rings is 3. The smallest absolute Gasteiger partial charge is 0.306 e. The molecule has 0 bridgehead atoms. The second-order valence-electron chi connectivity index (χ2n) is 12.1. The average Bonchev–Trinajstić information content (AvgIpc) is 3.66. The molecule has 2 unspecified atom stereocenters. The Balaban J connectivity index is 1.34. The summed E-state index contributed by atoms with van der Waals surface area (Å²) < 4.78 is 36.8. The van der Waals surface area contributed by atoms with Gasteiger partial charge >= 0.3 is 5.97 Å². The van der Waals surface area contributed by atoms with E-state index in [1.165, 1.54) is 0 Å². The quantitative estimate of drug-likeness (QED) is 0.297. The van der Waals surface area contributed by atoms with Crippen molar-refractivity contribution in [3.63, 3.8) is 0 Å². The number of hydrogen-bond acceptors (Lipinski definition) is 8. The Bertz CT molecular complexity index is 1800. The van der Waals surface area contributed by atoms with Crippen LogP contribution in [0.25, 0.3) is 11.0 Å². The van der Waals surface area contributed by atoms with Crippen molar-refractivity contribution in [3.8, 4) is 0 Å². The average molecular weight is 617 g/mol. The van der Waals surface area contributed by atoms with Crippen LogP contribution in [-0.4, -0.2) is 73.5 Å².